The number of aliphatic hydroxyl groups excluding tert-OH is 29. The normalized spacial score (nSPS) is 53.7. The predicted octanol–water partition coefficient (Wildman–Crippen LogP) is -20.6. The van der Waals surface area contributed by atoms with E-state index in [1.807, 2.05) is 0 Å². The molecule has 9 aliphatic rings. The molecule has 100 heavy (non-hydrogen) atoms. The van der Waals surface area contributed by atoms with Gasteiger partial charge in [-0.3, -0.25) is 0 Å². The standard InChI is InChI=1S/C54H92O46/c55-1-10-19(62)28(71)35(78)48(87-10)97-42-31(74)22(65)13(4-58)90-51(42)85-9-18-27(70)41(96-52-43(32(75)23(66)14(5-59)91-52)98-49-36(79)29(72)20(63)11(2-56)88-49)39(82)47(94-18)84-8-17-26(69)40(38(81)46(83)86-17)95-53-45(34(77)25(68)15(6-60)92-53)100-54-44(33(76)24(67)16(7-61)93-54)99-50-37(80)30(73)21(64)12(3-57)89-50/h10-83H,1-9H2/t10-,11-,12-,13-,14-,15-,16-,17-,18-,19-,20-,21-,22-,23-,24-,25-,26-,27-,28+,29+,30+,31+,32+,33+,34+,35+,36+,37+,38+,39+,40+,41+,42+,43+,44+,45+,46-,47+,48-,49-,50-,51+,52-,53-,54-/m1/s1. The molecule has 46 nitrogen and oxygen atoms in total. The zero-order valence-corrected chi connectivity index (χ0v) is 52.3. The van der Waals surface area contributed by atoms with Crippen molar-refractivity contribution in [3.8, 4) is 0 Å². The van der Waals surface area contributed by atoms with Crippen LogP contribution in [-0.4, -0.2) is 484 Å². The molecular weight excluding hydrogens is 1380 g/mol. The van der Waals surface area contributed by atoms with Crippen molar-refractivity contribution >= 4 is 0 Å². The Morgan fingerprint density at radius 2 is 0.390 bits per heavy atom. The van der Waals surface area contributed by atoms with E-state index in [4.69, 9.17) is 80.5 Å². The van der Waals surface area contributed by atoms with E-state index in [2.05, 4.69) is 0 Å². The molecule has 9 heterocycles. The van der Waals surface area contributed by atoms with Crippen molar-refractivity contribution in [2.24, 2.45) is 0 Å². The Kier molecular flexibility index (Phi) is 29.2. The lowest BCUT2D eigenvalue weighted by Gasteiger charge is -2.50. The summed E-state index contributed by atoms with van der Waals surface area (Å²) < 4.78 is 97.2. The van der Waals surface area contributed by atoms with E-state index in [-0.39, 0.29) is 0 Å². The number of aliphatic hydroxyl groups is 29. The van der Waals surface area contributed by atoms with E-state index in [1.54, 1.807) is 0 Å². The largest absolute Gasteiger partial charge is 0.394 e. The van der Waals surface area contributed by atoms with Gasteiger partial charge in [-0.25, -0.2) is 0 Å². The van der Waals surface area contributed by atoms with Crippen LogP contribution in [0.1, 0.15) is 0 Å². The average Bonchev–Trinajstić information content (AvgIpc) is 0.781. The molecule has 0 amide bonds. The quantitative estimate of drug-likeness (QED) is 0.0404. The molecule has 0 aromatic heterocycles. The summed E-state index contributed by atoms with van der Waals surface area (Å²) in [7, 11) is 0. The molecule has 46 heteroatoms. The highest BCUT2D eigenvalue weighted by atomic mass is 16.8. The number of hydrogen-bond acceptors (Lipinski definition) is 46. The first kappa shape index (κ1) is 82.2. The van der Waals surface area contributed by atoms with Gasteiger partial charge in [0.05, 0.1) is 59.5 Å². The van der Waals surface area contributed by atoms with Gasteiger partial charge in [0.2, 0.25) is 0 Å². The van der Waals surface area contributed by atoms with Crippen LogP contribution in [0.5, 0.6) is 0 Å². The van der Waals surface area contributed by atoms with Crippen molar-refractivity contribution in [2.75, 3.05) is 59.5 Å². The molecule has 0 aromatic carbocycles. The third kappa shape index (κ3) is 17.0. The molecule has 9 aliphatic heterocycles. The molecule has 584 valence electrons. The van der Waals surface area contributed by atoms with Crippen LogP contribution in [0.3, 0.4) is 0 Å². The number of ether oxygens (including phenoxy) is 17. The minimum atomic E-state index is -2.44. The van der Waals surface area contributed by atoms with E-state index in [0.717, 1.165) is 0 Å². The minimum Gasteiger partial charge on any atom is -0.394 e. The van der Waals surface area contributed by atoms with Crippen LogP contribution in [0.2, 0.25) is 0 Å². The fourth-order valence-electron chi connectivity index (χ4n) is 12.7. The topological polar surface area (TPSA) is 744 Å². The Balaban J connectivity index is 0.987. The lowest BCUT2D eigenvalue weighted by Crippen LogP contribution is -2.68. The Labute approximate surface area is 563 Å². The molecule has 0 unspecified atom stereocenters. The van der Waals surface area contributed by atoms with Crippen LogP contribution < -0.4 is 0 Å². The average molecular weight is 1480 g/mol. The molecule has 9 fully saturated rings. The van der Waals surface area contributed by atoms with Gasteiger partial charge in [-0.1, -0.05) is 0 Å². The van der Waals surface area contributed by atoms with Gasteiger partial charge >= 0.3 is 0 Å². The highest BCUT2D eigenvalue weighted by Crippen LogP contribution is 2.39. The Hall–Kier alpha value is -1.84. The van der Waals surface area contributed by atoms with Gasteiger partial charge in [0.1, 0.15) is 220 Å². The highest BCUT2D eigenvalue weighted by molar-refractivity contribution is 5.02. The first-order valence-electron chi connectivity index (χ1n) is 31.7. The van der Waals surface area contributed by atoms with Crippen molar-refractivity contribution < 1.29 is 229 Å². The molecule has 0 saturated carbocycles. The summed E-state index contributed by atoms with van der Waals surface area (Å²) in [5.41, 5.74) is 0. The van der Waals surface area contributed by atoms with E-state index < -0.39 is 336 Å². The van der Waals surface area contributed by atoms with Gasteiger partial charge in [0.25, 0.3) is 0 Å². The summed E-state index contributed by atoms with van der Waals surface area (Å²) in [5, 5.41) is 314. The maximum atomic E-state index is 12.2. The van der Waals surface area contributed by atoms with Gasteiger partial charge in [-0.05, 0) is 0 Å². The molecule has 9 rings (SSSR count). The number of rotatable bonds is 25. The van der Waals surface area contributed by atoms with Gasteiger partial charge in [-0.15, -0.1) is 0 Å². The SMILES string of the molecule is OC[C@H]1O[C@H](O[C@@H]2[C@@H](OC[C@H]3O[C@H](OC[C@H]4O[C@@H](O)[C@@H](O)[C@@H](O[C@H]5O[C@H](CO)[C@@H](O)[C@H](O)[C@@H]5O[C@H]5O[C@H](CO)[C@@H](O)[C@H](O)[C@@H]5O[C@H]5O[C@H](CO)[C@@H](O)[C@H](O)[C@@H]5O)[C@@H]4O)[C@@H](O)[C@@H](O[C@H]4O[C@H](CO)[C@@H](O)[C@H](O)[C@@H]4O[C@H]4O[C@H](CO)[C@@H](O)[C@H](O)[C@@H]4O)[C@@H]3O)O[C@H](CO)[C@@H](O)[C@@H]2O)[C@@H](O)[C@@H](O)[C@@H]1O. The monoisotopic (exact) mass is 1480 g/mol. The smallest absolute Gasteiger partial charge is 0.187 e. The van der Waals surface area contributed by atoms with Gasteiger partial charge in [0, 0.05) is 0 Å². The fourth-order valence-corrected chi connectivity index (χ4v) is 12.7. The molecule has 0 bridgehead atoms. The lowest BCUT2D eigenvalue weighted by atomic mass is 9.95. The van der Waals surface area contributed by atoms with E-state index >= 15 is 0 Å². The first-order valence-corrected chi connectivity index (χ1v) is 31.7. The van der Waals surface area contributed by atoms with Crippen LogP contribution in [0.4, 0.5) is 0 Å². The second kappa shape index (κ2) is 35.5. The number of hydrogen-bond donors (Lipinski definition) is 29. The first-order chi connectivity index (χ1) is 47.4. The summed E-state index contributed by atoms with van der Waals surface area (Å²) in [6.45, 7) is -9.52. The zero-order valence-electron chi connectivity index (χ0n) is 52.3. The highest BCUT2D eigenvalue weighted by Gasteiger charge is 2.60. The zero-order chi connectivity index (χ0) is 73.4. The molecule has 0 radical (unpaired) electrons. The maximum absolute atomic E-state index is 12.2. The van der Waals surface area contributed by atoms with Crippen molar-refractivity contribution in [3.05, 3.63) is 0 Å². The van der Waals surface area contributed by atoms with Crippen LogP contribution in [0, 0.1) is 0 Å². The maximum Gasteiger partial charge on any atom is 0.187 e. The van der Waals surface area contributed by atoms with Crippen molar-refractivity contribution in [1.29, 1.82) is 0 Å². The summed E-state index contributed by atoms with van der Waals surface area (Å²) in [4.78, 5) is 0. The van der Waals surface area contributed by atoms with Crippen LogP contribution in [0.15, 0.2) is 0 Å². The van der Waals surface area contributed by atoms with Crippen molar-refractivity contribution in [1.82, 2.24) is 0 Å². The Bertz CT molecular complexity index is 2450. The summed E-state index contributed by atoms with van der Waals surface area (Å²) in [6.07, 6.45) is -94.6. The molecule has 0 spiro atoms. The van der Waals surface area contributed by atoms with E-state index in [1.165, 1.54) is 0 Å². The molecule has 0 aromatic rings. The minimum absolute atomic E-state index is 0.965. The van der Waals surface area contributed by atoms with Crippen LogP contribution in [-0.2, 0) is 80.5 Å². The molecular formula is C54H92O46. The third-order valence-electron chi connectivity index (χ3n) is 18.7. The molecule has 9 saturated heterocycles. The molecule has 0 aliphatic carbocycles. The molecule has 45 atom stereocenters. The lowest BCUT2D eigenvalue weighted by molar-refractivity contribution is -0.404. The van der Waals surface area contributed by atoms with Crippen molar-refractivity contribution in [2.45, 2.75) is 276 Å². The van der Waals surface area contributed by atoms with Gasteiger partial charge < -0.3 is 229 Å². The second-order valence-corrected chi connectivity index (χ2v) is 25.3. The van der Waals surface area contributed by atoms with Crippen molar-refractivity contribution in [3.63, 3.8) is 0 Å². The van der Waals surface area contributed by atoms with E-state index in [9.17, 15) is 148 Å². The fraction of sp³-hybridized carbons (Fsp3) is 1.00. The molecule has 29 N–H and O–H groups in total. The third-order valence-corrected chi connectivity index (χ3v) is 18.7. The van der Waals surface area contributed by atoms with Crippen LogP contribution >= 0.6 is 0 Å². The Morgan fingerprint density at radius 1 is 0.170 bits per heavy atom. The second-order valence-electron chi connectivity index (χ2n) is 25.3. The van der Waals surface area contributed by atoms with Crippen LogP contribution in [0.25, 0.3) is 0 Å². The van der Waals surface area contributed by atoms with Gasteiger partial charge in [0.15, 0.2) is 56.6 Å². The van der Waals surface area contributed by atoms with E-state index in [0.29, 0.717) is 0 Å². The van der Waals surface area contributed by atoms with Gasteiger partial charge in [-0.2, -0.15) is 0 Å². The summed E-state index contributed by atoms with van der Waals surface area (Å²) >= 11 is 0. The Morgan fingerprint density at radius 3 is 0.700 bits per heavy atom. The predicted molar refractivity (Wildman–Crippen MR) is 297 cm³/mol. The summed E-state index contributed by atoms with van der Waals surface area (Å²) in [5.74, 6) is 0. The summed E-state index contributed by atoms with van der Waals surface area (Å²) in [6, 6.07) is 0.